The summed E-state index contributed by atoms with van der Waals surface area (Å²) in [6.45, 7) is 0.849. The van der Waals surface area contributed by atoms with E-state index in [2.05, 4.69) is 0 Å². The molecule has 1 heterocycles. The molecule has 0 unspecified atom stereocenters. The molecule has 23 heavy (non-hydrogen) atoms. The van der Waals surface area contributed by atoms with Crippen LogP contribution in [0.2, 0.25) is 0 Å². The van der Waals surface area contributed by atoms with Crippen molar-refractivity contribution in [1.82, 2.24) is 9.21 Å². The van der Waals surface area contributed by atoms with Gasteiger partial charge in [-0.25, -0.2) is 8.42 Å². The predicted molar refractivity (Wildman–Crippen MR) is 86.8 cm³/mol. The fourth-order valence-corrected chi connectivity index (χ4v) is 4.37. The maximum absolute atomic E-state index is 12.6. The van der Waals surface area contributed by atoms with Gasteiger partial charge in [-0.2, -0.15) is 16.1 Å². The fourth-order valence-electron chi connectivity index (χ4n) is 2.36. The first-order valence-corrected chi connectivity index (χ1v) is 9.71. The second-order valence-corrected chi connectivity index (χ2v) is 7.72. The number of rotatable bonds is 5. The zero-order valence-electron chi connectivity index (χ0n) is 12.5. The van der Waals surface area contributed by atoms with Crippen LogP contribution in [0.25, 0.3) is 0 Å². The van der Waals surface area contributed by atoms with E-state index >= 15 is 0 Å². The van der Waals surface area contributed by atoms with Crippen LogP contribution in [-0.4, -0.2) is 66.6 Å². The van der Waals surface area contributed by atoms with Crippen molar-refractivity contribution in [2.45, 2.75) is 4.90 Å². The van der Waals surface area contributed by atoms with Crippen LogP contribution in [0.4, 0.5) is 5.69 Å². The van der Waals surface area contributed by atoms with Crippen LogP contribution >= 0.6 is 11.8 Å². The summed E-state index contributed by atoms with van der Waals surface area (Å²) in [5.41, 5.74) is -0.437. The van der Waals surface area contributed by atoms with Gasteiger partial charge in [-0.3, -0.25) is 14.9 Å². The fraction of sp³-hybridized carbons (Fsp3) is 0.462. The maximum atomic E-state index is 12.6. The SMILES string of the molecule is CSCC(=O)N1CCN(S(=O)(=O)c2ccccc2[N+](=O)[O-])CC1. The highest BCUT2D eigenvalue weighted by molar-refractivity contribution is 7.99. The minimum atomic E-state index is -3.95. The van der Waals surface area contributed by atoms with Crippen LogP contribution in [0.15, 0.2) is 29.2 Å². The van der Waals surface area contributed by atoms with E-state index < -0.39 is 20.6 Å². The highest BCUT2D eigenvalue weighted by atomic mass is 32.2. The molecule has 0 spiro atoms. The summed E-state index contributed by atoms with van der Waals surface area (Å²) >= 11 is 1.41. The van der Waals surface area contributed by atoms with Crippen molar-refractivity contribution in [3.63, 3.8) is 0 Å². The van der Waals surface area contributed by atoms with E-state index in [9.17, 15) is 23.3 Å². The van der Waals surface area contributed by atoms with Gasteiger partial charge in [-0.1, -0.05) is 12.1 Å². The predicted octanol–water partition coefficient (Wildman–Crippen LogP) is 0.791. The topological polar surface area (TPSA) is 101 Å². The average Bonchev–Trinajstić information content (AvgIpc) is 2.55. The Hall–Kier alpha value is -1.65. The lowest BCUT2D eigenvalue weighted by Crippen LogP contribution is -2.51. The Bertz CT molecular complexity index is 699. The molecule has 0 saturated carbocycles. The first-order chi connectivity index (χ1) is 10.9. The van der Waals surface area contributed by atoms with E-state index in [1.54, 1.807) is 4.90 Å². The molecule has 0 radical (unpaired) electrons. The number of carbonyl (C=O) groups is 1. The lowest BCUT2D eigenvalue weighted by Gasteiger charge is -2.33. The van der Waals surface area contributed by atoms with Crippen LogP contribution < -0.4 is 0 Å². The number of piperazine rings is 1. The highest BCUT2D eigenvalue weighted by Crippen LogP contribution is 2.26. The van der Waals surface area contributed by atoms with Crippen LogP contribution in [0, 0.1) is 10.1 Å². The van der Waals surface area contributed by atoms with Gasteiger partial charge in [0, 0.05) is 32.2 Å². The Morgan fingerprint density at radius 3 is 2.43 bits per heavy atom. The van der Waals surface area contributed by atoms with Crippen molar-refractivity contribution < 1.29 is 18.1 Å². The normalized spacial score (nSPS) is 16.3. The van der Waals surface area contributed by atoms with Crippen molar-refractivity contribution in [3.8, 4) is 0 Å². The maximum Gasteiger partial charge on any atom is 0.289 e. The van der Waals surface area contributed by atoms with Crippen molar-refractivity contribution in [3.05, 3.63) is 34.4 Å². The number of nitro benzene ring substituents is 1. The molecule has 1 aromatic carbocycles. The van der Waals surface area contributed by atoms with Crippen molar-refractivity contribution in [2.24, 2.45) is 0 Å². The van der Waals surface area contributed by atoms with E-state index in [-0.39, 0.29) is 23.9 Å². The molecule has 0 aliphatic carbocycles. The van der Waals surface area contributed by atoms with Gasteiger partial charge in [0.2, 0.25) is 15.9 Å². The molecular weight excluding hydrogens is 342 g/mol. The number of hydrogen-bond acceptors (Lipinski definition) is 6. The monoisotopic (exact) mass is 359 g/mol. The lowest BCUT2D eigenvalue weighted by molar-refractivity contribution is -0.387. The third-order valence-electron chi connectivity index (χ3n) is 3.54. The molecule has 126 valence electrons. The Labute approximate surface area is 138 Å². The number of nitrogens with zero attached hydrogens (tertiary/aromatic N) is 3. The van der Waals surface area contributed by atoms with E-state index in [1.807, 2.05) is 6.26 Å². The summed E-state index contributed by atoms with van der Waals surface area (Å²) in [6, 6.07) is 5.29. The van der Waals surface area contributed by atoms with Gasteiger partial charge in [-0.15, -0.1) is 0 Å². The zero-order valence-corrected chi connectivity index (χ0v) is 14.2. The molecule has 0 bridgehead atoms. The Kier molecular flexibility index (Phi) is 5.60. The number of carbonyl (C=O) groups excluding carboxylic acids is 1. The minimum Gasteiger partial charge on any atom is -0.339 e. The summed E-state index contributed by atoms with van der Waals surface area (Å²) in [5, 5.41) is 11.0. The third-order valence-corrected chi connectivity index (χ3v) is 6.02. The number of benzene rings is 1. The van der Waals surface area contributed by atoms with Gasteiger partial charge in [-0.05, 0) is 12.3 Å². The summed E-state index contributed by atoms with van der Waals surface area (Å²) < 4.78 is 26.4. The molecule has 1 aliphatic rings. The number of para-hydroxylation sites is 1. The van der Waals surface area contributed by atoms with Crippen LogP contribution in [0.5, 0.6) is 0 Å². The summed E-state index contributed by atoms with van der Waals surface area (Å²) in [5.74, 6) is 0.330. The smallest absolute Gasteiger partial charge is 0.289 e. The quantitative estimate of drug-likeness (QED) is 0.569. The van der Waals surface area contributed by atoms with Gasteiger partial charge in [0.15, 0.2) is 4.90 Å². The zero-order chi connectivity index (χ0) is 17.0. The molecule has 1 aliphatic heterocycles. The molecule has 1 aromatic rings. The first-order valence-electron chi connectivity index (χ1n) is 6.88. The van der Waals surface area contributed by atoms with Gasteiger partial charge in [0.05, 0.1) is 10.7 Å². The lowest BCUT2D eigenvalue weighted by atomic mass is 10.3. The molecule has 2 rings (SSSR count). The molecular formula is C13H17N3O5S2. The molecule has 0 aromatic heterocycles. The molecule has 8 nitrogen and oxygen atoms in total. The van der Waals surface area contributed by atoms with Crippen LogP contribution in [0.3, 0.4) is 0 Å². The summed E-state index contributed by atoms with van der Waals surface area (Å²) in [6.07, 6.45) is 1.83. The van der Waals surface area contributed by atoms with Crippen LogP contribution in [0.1, 0.15) is 0 Å². The van der Waals surface area contributed by atoms with Gasteiger partial charge in [0.25, 0.3) is 5.69 Å². The van der Waals surface area contributed by atoms with E-state index in [1.165, 1.54) is 40.3 Å². The largest absolute Gasteiger partial charge is 0.339 e. The summed E-state index contributed by atoms with van der Waals surface area (Å²) in [4.78, 5) is 23.4. The number of nitro groups is 1. The molecule has 0 N–H and O–H groups in total. The minimum absolute atomic E-state index is 0.0276. The Morgan fingerprint density at radius 1 is 1.26 bits per heavy atom. The number of thioether (sulfide) groups is 1. The standard InChI is InChI=1S/C13H17N3O5S2/c1-22-10-13(17)14-6-8-15(9-7-14)23(20,21)12-5-3-2-4-11(12)16(18)19/h2-5H,6-10H2,1H3. The Morgan fingerprint density at radius 2 is 1.87 bits per heavy atom. The van der Waals surface area contributed by atoms with Crippen molar-refractivity contribution >= 4 is 33.4 Å². The Balaban J connectivity index is 2.17. The van der Waals surface area contributed by atoms with Gasteiger partial charge in [0.1, 0.15) is 0 Å². The molecule has 1 amide bonds. The molecule has 1 saturated heterocycles. The first kappa shape index (κ1) is 17.7. The van der Waals surface area contributed by atoms with Gasteiger partial charge >= 0.3 is 0 Å². The molecule has 0 atom stereocenters. The van der Waals surface area contributed by atoms with Crippen LogP contribution in [-0.2, 0) is 14.8 Å². The number of amides is 1. The molecule has 1 fully saturated rings. The van der Waals surface area contributed by atoms with E-state index in [4.69, 9.17) is 0 Å². The third kappa shape index (κ3) is 3.82. The van der Waals surface area contributed by atoms with Crippen molar-refractivity contribution in [2.75, 3.05) is 38.2 Å². The highest BCUT2D eigenvalue weighted by Gasteiger charge is 2.34. The second kappa shape index (κ2) is 7.28. The van der Waals surface area contributed by atoms with Gasteiger partial charge < -0.3 is 4.90 Å². The van der Waals surface area contributed by atoms with E-state index in [0.29, 0.717) is 18.8 Å². The van der Waals surface area contributed by atoms with E-state index in [0.717, 1.165) is 0 Å². The number of hydrogen-bond donors (Lipinski definition) is 0. The summed E-state index contributed by atoms with van der Waals surface area (Å²) in [7, 11) is -3.95. The van der Waals surface area contributed by atoms with Crippen molar-refractivity contribution in [1.29, 1.82) is 0 Å². The second-order valence-electron chi connectivity index (χ2n) is 4.94. The average molecular weight is 359 g/mol. The number of sulfonamides is 1. The molecule has 10 heteroatoms.